The third kappa shape index (κ3) is 6.01. The van der Waals surface area contributed by atoms with E-state index in [1.165, 1.54) is 12.1 Å². The molecule has 0 aliphatic carbocycles. The Morgan fingerprint density at radius 3 is 2.45 bits per heavy atom. The van der Waals surface area contributed by atoms with Crippen LogP contribution in [-0.2, 0) is 24.7 Å². The number of amides is 1. The van der Waals surface area contributed by atoms with Crippen molar-refractivity contribution in [1.29, 1.82) is 0 Å². The van der Waals surface area contributed by atoms with Crippen LogP contribution in [0.5, 0.6) is 5.75 Å². The summed E-state index contributed by atoms with van der Waals surface area (Å²) in [4.78, 5) is 20.0. The van der Waals surface area contributed by atoms with Crippen LogP contribution in [0.2, 0.25) is 0 Å². The number of alkyl halides is 3. The molecular formula is C30H34F3N3O2. The molecule has 1 N–H and O–H groups in total. The Hall–Kier alpha value is -3.39. The number of hydrogen-bond donors (Lipinski definition) is 1. The van der Waals surface area contributed by atoms with Crippen LogP contribution in [0.25, 0.3) is 0 Å². The molecule has 0 saturated carbocycles. The molecule has 1 unspecified atom stereocenters. The van der Waals surface area contributed by atoms with Gasteiger partial charge >= 0.3 is 6.18 Å². The van der Waals surface area contributed by atoms with E-state index in [1.54, 1.807) is 13.3 Å². The maximum absolute atomic E-state index is 13.1. The predicted octanol–water partition coefficient (Wildman–Crippen LogP) is 6.53. The fraction of sp³-hybridized carbons (Fsp3) is 0.400. The van der Waals surface area contributed by atoms with Gasteiger partial charge in [-0.2, -0.15) is 13.2 Å². The molecule has 2 heterocycles. The van der Waals surface area contributed by atoms with Crippen LogP contribution in [0.1, 0.15) is 72.0 Å². The van der Waals surface area contributed by atoms with E-state index in [0.717, 1.165) is 40.3 Å². The monoisotopic (exact) mass is 525 g/mol. The number of hydrogen-bond acceptors (Lipinski definition) is 4. The molecule has 1 atom stereocenters. The topological polar surface area (TPSA) is 54.5 Å². The largest absolute Gasteiger partial charge is 0.497 e. The van der Waals surface area contributed by atoms with Crippen molar-refractivity contribution in [2.75, 3.05) is 13.7 Å². The van der Waals surface area contributed by atoms with Crippen LogP contribution < -0.4 is 10.1 Å². The summed E-state index contributed by atoms with van der Waals surface area (Å²) in [5.74, 6) is 0.811. The normalized spacial score (nSPS) is 16.0. The van der Waals surface area contributed by atoms with Gasteiger partial charge in [0.2, 0.25) is 0 Å². The molecular weight excluding hydrogens is 491 g/mol. The van der Waals surface area contributed by atoms with Gasteiger partial charge in [0.25, 0.3) is 5.91 Å². The van der Waals surface area contributed by atoms with Gasteiger partial charge in [-0.15, -0.1) is 0 Å². The Balaban J connectivity index is 1.46. The van der Waals surface area contributed by atoms with Gasteiger partial charge in [-0.1, -0.05) is 52.0 Å². The van der Waals surface area contributed by atoms with Crippen LogP contribution in [-0.4, -0.2) is 29.4 Å². The highest BCUT2D eigenvalue weighted by molar-refractivity contribution is 5.94. The second kappa shape index (κ2) is 10.8. The summed E-state index contributed by atoms with van der Waals surface area (Å²) in [5, 5.41) is 3.04. The van der Waals surface area contributed by atoms with Crippen LogP contribution in [0, 0.1) is 5.92 Å². The zero-order valence-corrected chi connectivity index (χ0v) is 22.4. The summed E-state index contributed by atoms with van der Waals surface area (Å²) in [6, 6.07) is 15.0. The minimum Gasteiger partial charge on any atom is -0.497 e. The Morgan fingerprint density at radius 2 is 1.82 bits per heavy atom. The fourth-order valence-electron chi connectivity index (χ4n) is 5.00. The number of carbonyl (C=O) groups excluding carboxylic acids is 1. The molecule has 1 amide bonds. The number of halogens is 3. The zero-order chi connectivity index (χ0) is 27.7. The van der Waals surface area contributed by atoms with Gasteiger partial charge in [-0.05, 0) is 52.9 Å². The van der Waals surface area contributed by atoms with Gasteiger partial charge in [-0.25, -0.2) is 0 Å². The second-order valence-corrected chi connectivity index (χ2v) is 10.9. The quantitative estimate of drug-likeness (QED) is 0.363. The molecule has 1 aromatic heterocycles. The number of nitrogens with zero attached hydrogens (tertiary/aromatic N) is 2. The van der Waals surface area contributed by atoms with Crippen molar-refractivity contribution >= 4 is 5.91 Å². The molecule has 5 nitrogen and oxygen atoms in total. The van der Waals surface area contributed by atoms with Crippen molar-refractivity contribution in [2.45, 2.75) is 58.4 Å². The standard InChI is InChI=1S/C30H34F3N3O2/c1-19(2)27-26-22(17-36(27)16-20-9-11-23(12-10-20)30(31,32)33)13-21(15-34-26)28(37)35-18-29(3,4)24-7-6-8-25(14-24)38-5/h6-15,19,27H,16-18H2,1-5H3,(H,35,37). The number of methoxy groups -OCH3 is 1. The van der Waals surface area contributed by atoms with Crippen molar-refractivity contribution < 1.29 is 22.7 Å². The summed E-state index contributed by atoms with van der Waals surface area (Å²) in [5.41, 5.74) is 3.27. The van der Waals surface area contributed by atoms with Gasteiger partial charge in [-0.3, -0.25) is 14.7 Å². The van der Waals surface area contributed by atoms with Crippen LogP contribution >= 0.6 is 0 Å². The number of benzene rings is 2. The highest BCUT2D eigenvalue weighted by atomic mass is 19.4. The number of nitrogens with one attached hydrogen (secondary N) is 1. The van der Waals surface area contributed by atoms with Gasteiger partial charge in [0, 0.05) is 31.2 Å². The average Bonchev–Trinajstić information content (AvgIpc) is 3.24. The third-order valence-corrected chi connectivity index (χ3v) is 7.15. The Labute approximate surface area is 222 Å². The second-order valence-electron chi connectivity index (χ2n) is 10.9. The molecule has 202 valence electrons. The molecule has 0 saturated heterocycles. The van der Waals surface area contributed by atoms with Gasteiger partial charge < -0.3 is 10.1 Å². The lowest BCUT2D eigenvalue weighted by atomic mass is 9.84. The molecule has 0 fully saturated rings. The first-order chi connectivity index (χ1) is 17.9. The highest BCUT2D eigenvalue weighted by Crippen LogP contribution is 2.39. The van der Waals surface area contributed by atoms with Crippen LogP contribution in [0.15, 0.2) is 60.8 Å². The fourth-order valence-corrected chi connectivity index (χ4v) is 5.00. The number of carbonyl (C=O) groups is 1. The number of pyridine rings is 1. The first-order valence-corrected chi connectivity index (χ1v) is 12.7. The molecule has 1 aliphatic heterocycles. The summed E-state index contributed by atoms with van der Waals surface area (Å²) in [6.45, 7) is 9.83. The average molecular weight is 526 g/mol. The maximum atomic E-state index is 13.1. The van der Waals surface area contributed by atoms with E-state index in [1.807, 2.05) is 30.3 Å². The summed E-state index contributed by atoms with van der Waals surface area (Å²) >= 11 is 0. The SMILES string of the molecule is COc1cccc(C(C)(C)CNC(=O)c2cnc3c(c2)CN(Cc2ccc(C(F)(F)F)cc2)C3C(C)C)c1. The van der Waals surface area contributed by atoms with Crippen molar-refractivity contribution in [3.63, 3.8) is 0 Å². The minimum atomic E-state index is -4.35. The Kier molecular flexibility index (Phi) is 7.83. The van der Waals surface area contributed by atoms with E-state index in [2.05, 4.69) is 42.9 Å². The van der Waals surface area contributed by atoms with Crippen LogP contribution in [0.3, 0.4) is 0 Å². The number of aromatic nitrogens is 1. The summed E-state index contributed by atoms with van der Waals surface area (Å²) < 4.78 is 44.2. The summed E-state index contributed by atoms with van der Waals surface area (Å²) in [6.07, 6.45) is -2.74. The van der Waals surface area contributed by atoms with Crippen molar-refractivity contribution in [2.24, 2.45) is 5.92 Å². The highest BCUT2D eigenvalue weighted by Gasteiger charge is 2.35. The molecule has 38 heavy (non-hydrogen) atoms. The van der Waals surface area contributed by atoms with Crippen molar-refractivity contribution in [3.05, 3.63) is 94.3 Å². The molecule has 0 radical (unpaired) electrons. The molecule has 2 aromatic carbocycles. The van der Waals surface area contributed by atoms with E-state index in [9.17, 15) is 18.0 Å². The first-order valence-electron chi connectivity index (χ1n) is 12.7. The van der Waals surface area contributed by atoms with Crippen molar-refractivity contribution in [3.8, 4) is 5.75 Å². The number of fused-ring (bicyclic) bond motifs is 1. The molecule has 1 aliphatic rings. The van der Waals surface area contributed by atoms with Crippen molar-refractivity contribution in [1.82, 2.24) is 15.2 Å². The lowest BCUT2D eigenvalue weighted by molar-refractivity contribution is -0.137. The maximum Gasteiger partial charge on any atom is 0.416 e. The molecule has 8 heteroatoms. The van der Waals surface area contributed by atoms with Gasteiger partial charge in [0.05, 0.1) is 30.0 Å². The molecule has 4 rings (SSSR count). The number of ether oxygens (including phenoxy) is 1. The third-order valence-electron chi connectivity index (χ3n) is 7.15. The molecule has 3 aromatic rings. The number of rotatable bonds is 8. The first kappa shape index (κ1) is 27.6. The molecule has 0 bridgehead atoms. The minimum absolute atomic E-state index is 0.0106. The van der Waals surface area contributed by atoms with E-state index in [0.29, 0.717) is 25.2 Å². The Bertz CT molecular complexity index is 1290. The zero-order valence-electron chi connectivity index (χ0n) is 22.4. The van der Waals surface area contributed by atoms with E-state index in [-0.39, 0.29) is 23.3 Å². The predicted molar refractivity (Wildman–Crippen MR) is 141 cm³/mol. The lowest BCUT2D eigenvalue weighted by Gasteiger charge is -2.27. The summed E-state index contributed by atoms with van der Waals surface area (Å²) in [7, 11) is 1.63. The van der Waals surface area contributed by atoms with E-state index in [4.69, 9.17) is 4.74 Å². The smallest absolute Gasteiger partial charge is 0.416 e. The van der Waals surface area contributed by atoms with Gasteiger partial charge in [0.1, 0.15) is 5.75 Å². The van der Waals surface area contributed by atoms with Gasteiger partial charge in [0.15, 0.2) is 0 Å². The molecule has 0 spiro atoms. The van der Waals surface area contributed by atoms with E-state index >= 15 is 0 Å². The van der Waals surface area contributed by atoms with Crippen LogP contribution in [0.4, 0.5) is 13.2 Å². The Morgan fingerprint density at radius 1 is 1.11 bits per heavy atom. The lowest BCUT2D eigenvalue weighted by Crippen LogP contribution is -2.36. The van der Waals surface area contributed by atoms with E-state index < -0.39 is 11.7 Å².